The standard InChI is InChI=1S/C13H23F3O/c1-5-9(11(2,3)4)8-12(17,10-6-7-10)13(14,15)16/h9-10,17H,5-8H2,1-4H3/t9-,12?/m0/s1. The molecule has 0 heterocycles. The van der Waals surface area contributed by atoms with Crippen molar-refractivity contribution in [3.8, 4) is 0 Å². The van der Waals surface area contributed by atoms with Crippen LogP contribution in [0.4, 0.5) is 13.2 Å². The smallest absolute Gasteiger partial charge is 0.380 e. The Morgan fingerprint density at radius 1 is 1.18 bits per heavy atom. The summed E-state index contributed by atoms with van der Waals surface area (Å²) in [6.45, 7) is 7.69. The number of hydrogen-bond donors (Lipinski definition) is 1. The molecule has 0 radical (unpaired) electrons. The summed E-state index contributed by atoms with van der Waals surface area (Å²) in [5, 5.41) is 10.0. The highest BCUT2D eigenvalue weighted by molar-refractivity contribution is 5.01. The molecule has 1 unspecified atom stereocenters. The van der Waals surface area contributed by atoms with Crippen molar-refractivity contribution in [1.29, 1.82) is 0 Å². The Hall–Kier alpha value is -0.250. The summed E-state index contributed by atoms with van der Waals surface area (Å²) >= 11 is 0. The Kier molecular flexibility index (Phi) is 3.88. The molecule has 1 nitrogen and oxygen atoms in total. The Bertz CT molecular complexity index is 263. The summed E-state index contributed by atoms with van der Waals surface area (Å²) in [6, 6.07) is 0. The molecule has 1 saturated carbocycles. The molecule has 0 saturated heterocycles. The van der Waals surface area contributed by atoms with Gasteiger partial charge in [0, 0.05) is 0 Å². The maximum Gasteiger partial charge on any atom is 0.417 e. The van der Waals surface area contributed by atoms with Crippen molar-refractivity contribution in [3.63, 3.8) is 0 Å². The third-order valence-corrected chi connectivity index (χ3v) is 4.02. The van der Waals surface area contributed by atoms with Gasteiger partial charge >= 0.3 is 6.18 Å². The largest absolute Gasteiger partial charge is 0.417 e. The molecule has 1 aliphatic rings. The Balaban J connectivity index is 2.87. The van der Waals surface area contributed by atoms with Gasteiger partial charge in [-0.3, -0.25) is 0 Å². The molecule has 0 aromatic heterocycles. The maximum atomic E-state index is 13.0. The lowest BCUT2D eigenvalue weighted by Crippen LogP contribution is -2.49. The summed E-state index contributed by atoms with van der Waals surface area (Å²) in [6.07, 6.45) is -3.02. The van der Waals surface area contributed by atoms with Gasteiger partial charge in [-0.15, -0.1) is 0 Å². The Morgan fingerprint density at radius 2 is 1.65 bits per heavy atom. The van der Waals surface area contributed by atoms with Gasteiger partial charge < -0.3 is 5.11 Å². The minimum absolute atomic E-state index is 0.116. The number of alkyl halides is 3. The van der Waals surface area contributed by atoms with Crippen molar-refractivity contribution in [3.05, 3.63) is 0 Å². The van der Waals surface area contributed by atoms with Gasteiger partial charge in [0.2, 0.25) is 0 Å². The van der Waals surface area contributed by atoms with E-state index in [9.17, 15) is 18.3 Å². The first-order valence-corrected chi connectivity index (χ1v) is 6.31. The molecule has 1 fully saturated rings. The van der Waals surface area contributed by atoms with Gasteiger partial charge in [-0.05, 0) is 36.5 Å². The first kappa shape index (κ1) is 14.8. The molecule has 102 valence electrons. The number of hydrogen-bond acceptors (Lipinski definition) is 1. The molecule has 1 N–H and O–H groups in total. The van der Waals surface area contributed by atoms with Gasteiger partial charge in [0.05, 0.1) is 0 Å². The minimum Gasteiger partial charge on any atom is -0.380 e. The summed E-state index contributed by atoms with van der Waals surface area (Å²) in [5.41, 5.74) is -2.68. The van der Waals surface area contributed by atoms with E-state index in [1.807, 2.05) is 27.7 Å². The first-order chi connectivity index (χ1) is 7.52. The molecule has 2 atom stereocenters. The maximum absolute atomic E-state index is 13.0. The van der Waals surface area contributed by atoms with Crippen LogP contribution in [-0.2, 0) is 0 Å². The molecule has 0 bridgehead atoms. The van der Waals surface area contributed by atoms with Gasteiger partial charge in [-0.2, -0.15) is 13.2 Å². The van der Waals surface area contributed by atoms with Crippen LogP contribution in [0.1, 0.15) is 53.4 Å². The Morgan fingerprint density at radius 3 is 1.88 bits per heavy atom. The van der Waals surface area contributed by atoms with Crippen LogP contribution in [0.2, 0.25) is 0 Å². The van der Waals surface area contributed by atoms with Crippen molar-refractivity contribution < 1.29 is 18.3 Å². The summed E-state index contributed by atoms with van der Waals surface area (Å²) in [4.78, 5) is 0. The molecule has 1 aliphatic carbocycles. The SMILES string of the molecule is CC[C@@H](CC(O)(C1CC1)C(F)(F)F)C(C)(C)C. The lowest BCUT2D eigenvalue weighted by atomic mass is 9.72. The zero-order valence-electron chi connectivity index (χ0n) is 11.1. The molecular formula is C13H23F3O. The fourth-order valence-corrected chi connectivity index (χ4v) is 2.51. The summed E-state index contributed by atoms with van der Waals surface area (Å²) in [7, 11) is 0. The van der Waals surface area contributed by atoms with E-state index in [0.717, 1.165) is 0 Å². The lowest BCUT2D eigenvalue weighted by molar-refractivity contribution is -0.276. The van der Waals surface area contributed by atoms with Crippen molar-refractivity contribution in [2.45, 2.75) is 65.2 Å². The molecule has 0 aromatic rings. The van der Waals surface area contributed by atoms with Gasteiger partial charge in [0.15, 0.2) is 5.60 Å². The van der Waals surface area contributed by atoms with Gasteiger partial charge in [-0.25, -0.2) is 0 Å². The quantitative estimate of drug-likeness (QED) is 0.796. The van der Waals surface area contributed by atoms with Crippen molar-refractivity contribution in [2.24, 2.45) is 17.3 Å². The van der Waals surface area contributed by atoms with Crippen LogP contribution in [0.5, 0.6) is 0 Å². The van der Waals surface area contributed by atoms with Crippen LogP contribution in [0.3, 0.4) is 0 Å². The van der Waals surface area contributed by atoms with Crippen molar-refractivity contribution in [2.75, 3.05) is 0 Å². The minimum atomic E-state index is -4.51. The number of halogens is 3. The first-order valence-electron chi connectivity index (χ1n) is 6.31. The van der Waals surface area contributed by atoms with Crippen LogP contribution >= 0.6 is 0 Å². The van der Waals surface area contributed by atoms with Gasteiger partial charge in [-0.1, -0.05) is 34.1 Å². The highest BCUT2D eigenvalue weighted by atomic mass is 19.4. The van der Waals surface area contributed by atoms with E-state index in [1.54, 1.807) is 0 Å². The highest BCUT2D eigenvalue weighted by Gasteiger charge is 2.62. The van der Waals surface area contributed by atoms with Crippen LogP contribution < -0.4 is 0 Å². The van der Waals surface area contributed by atoms with Crippen LogP contribution in [0, 0.1) is 17.3 Å². The third-order valence-electron chi connectivity index (χ3n) is 4.02. The summed E-state index contributed by atoms with van der Waals surface area (Å²) in [5.74, 6) is -0.700. The molecule has 4 heteroatoms. The predicted molar refractivity (Wildman–Crippen MR) is 61.6 cm³/mol. The van der Waals surface area contributed by atoms with E-state index in [2.05, 4.69) is 0 Å². The van der Waals surface area contributed by atoms with E-state index < -0.39 is 17.7 Å². The second-order valence-corrected chi connectivity index (χ2v) is 6.37. The molecule has 0 aliphatic heterocycles. The monoisotopic (exact) mass is 252 g/mol. The second kappa shape index (κ2) is 4.45. The van der Waals surface area contributed by atoms with Crippen LogP contribution in [0.15, 0.2) is 0 Å². The van der Waals surface area contributed by atoms with E-state index in [0.29, 0.717) is 19.3 Å². The van der Waals surface area contributed by atoms with E-state index in [-0.39, 0.29) is 17.8 Å². The second-order valence-electron chi connectivity index (χ2n) is 6.37. The van der Waals surface area contributed by atoms with Crippen molar-refractivity contribution in [1.82, 2.24) is 0 Å². The zero-order chi connectivity index (χ0) is 13.5. The molecule has 0 amide bonds. The fourth-order valence-electron chi connectivity index (χ4n) is 2.51. The predicted octanol–water partition coefficient (Wildman–Crippen LogP) is 4.15. The average molecular weight is 252 g/mol. The van der Waals surface area contributed by atoms with Gasteiger partial charge in [0.1, 0.15) is 0 Å². The average Bonchev–Trinajstić information content (AvgIpc) is 2.92. The van der Waals surface area contributed by atoms with Gasteiger partial charge in [0.25, 0.3) is 0 Å². The molecule has 0 aromatic carbocycles. The molecule has 17 heavy (non-hydrogen) atoms. The van der Waals surface area contributed by atoms with Crippen LogP contribution in [-0.4, -0.2) is 16.9 Å². The Labute approximate surface area is 101 Å². The van der Waals surface area contributed by atoms with E-state index in [4.69, 9.17) is 0 Å². The zero-order valence-corrected chi connectivity index (χ0v) is 11.1. The fraction of sp³-hybridized carbons (Fsp3) is 1.00. The van der Waals surface area contributed by atoms with E-state index in [1.165, 1.54) is 0 Å². The normalized spacial score (nSPS) is 23.3. The summed E-state index contributed by atoms with van der Waals surface area (Å²) < 4.78 is 39.1. The molecule has 1 rings (SSSR count). The third kappa shape index (κ3) is 3.15. The molecule has 0 spiro atoms. The van der Waals surface area contributed by atoms with Crippen LogP contribution in [0.25, 0.3) is 0 Å². The number of aliphatic hydroxyl groups is 1. The topological polar surface area (TPSA) is 20.2 Å². The van der Waals surface area contributed by atoms with Crippen molar-refractivity contribution >= 4 is 0 Å². The molecular weight excluding hydrogens is 229 g/mol. The highest BCUT2D eigenvalue weighted by Crippen LogP contribution is 2.53. The van der Waals surface area contributed by atoms with E-state index >= 15 is 0 Å². The lowest BCUT2D eigenvalue weighted by Gasteiger charge is -2.39. The number of rotatable bonds is 4.